The quantitative estimate of drug-likeness (QED) is 0.651. The molecular formula is C19H20BrClN2O4. The highest BCUT2D eigenvalue weighted by atomic mass is 79.9. The van der Waals surface area contributed by atoms with Crippen LogP contribution in [-0.4, -0.2) is 24.5 Å². The Balaban J connectivity index is 1.78. The molecule has 1 unspecified atom stereocenters. The summed E-state index contributed by atoms with van der Waals surface area (Å²) in [5, 5.41) is 0.545. The molecule has 2 amide bonds. The van der Waals surface area contributed by atoms with Crippen LogP contribution in [0, 0.1) is 13.8 Å². The van der Waals surface area contributed by atoms with Gasteiger partial charge in [-0.2, -0.15) is 0 Å². The average Bonchev–Trinajstić information content (AvgIpc) is 2.62. The maximum absolute atomic E-state index is 12.1. The molecule has 0 heterocycles. The van der Waals surface area contributed by atoms with E-state index in [9.17, 15) is 9.59 Å². The first kappa shape index (κ1) is 21.1. The number of amides is 2. The second-order valence-corrected chi connectivity index (χ2v) is 7.20. The second-order valence-electron chi connectivity index (χ2n) is 5.91. The normalized spacial score (nSPS) is 11.4. The molecule has 2 aromatic rings. The highest BCUT2D eigenvalue weighted by molar-refractivity contribution is 9.10. The molecule has 0 radical (unpaired) electrons. The molecule has 1 atom stereocenters. The van der Waals surface area contributed by atoms with Crippen LogP contribution in [0.2, 0.25) is 5.02 Å². The maximum Gasteiger partial charge on any atom is 0.279 e. The third-order valence-corrected chi connectivity index (χ3v) is 4.59. The Kier molecular flexibility index (Phi) is 7.50. The van der Waals surface area contributed by atoms with Crippen molar-refractivity contribution in [3.05, 3.63) is 57.0 Å². The van der Waals surface area contributed by atoms with Crippen molar-refractivity contribution < 1.29 is 19.1 Å². The Bertz CT molecular complexity index is 844. The van der Waals surface area contributed by atoms with Crippen LogP contribution in [0.5, 0.6) is 11.5 Å². The van der Waals surface area contributed by atoms with Gasteiger partial charge < -0.3 is 9.47 Å². The van der Waals surface area contributed by atoms with E-state index in [4.69, 9.17) is 21.1 Å². The number of carbonyl (C=O) groups excluding carboxylic acids is 2. The predicted molar refractivity (Wildman–Crippen MR) is 107 cm³/mol. The molecule has 0 fully saturated rings. The zero-order valence-corrected chi connectivity index (χ0v) is 17.5. The van der Waals surface area contributed by atoms with Crippen molar-refractivity contribution in [2.45, 2.75) is 26.9 Å². The fourth-order valence-corrected chi connectivity index (χ4v) is 2.85. The van der Waals surface area contributed by atoms with Gasteiger partial charge in [0.25, 0.3) is 11.8 Å². The van der Waals surface area contributed by atoms with Crippen molar-refractivity contribution in [3.8, 4) is 11.5 Å². The Labute approximate surface area is 171 Å². The highest BCUT2D eigenvalue weighted by Crippen LogP contribution is 2.27. The molecule has 0 aromatic heterocycles. The van der Waals surface area contributed by atoms with E-state index in [1.165, 1.54) is 0 Å². The Morgan fingerprint density at radius 1 is 1.11 bits per heavy atom. The van der Waals surface area contributed by atoms with Crippen LogP contribution in [0.1, 0.15) is 18.1 Å². The fourth-order valence-electron chi connectivity index (χ4n) is 2.05. The summed E-state index contributed by atoms with van der Waals surface area (Å²) in [7, 11) is 0. The monoisotopic (exact) mass is 454 g/mol. The second kappa shape index (κ2) is 9.62. The van der Waals surface area contributed by atoms with E-state index in [1.807, 2.05) is 26.0 Å². The van der Waals surface area contributed by atoms with Crippen LogP contribution in [0.15, 0.2) is 40.9 Å². The molecule has 0 saturated heterocycles. The molecule has 0 aliphatic rings. The van der Waals surface area contributed by atoms with Gasteiger partial charge >= 0.3 is 0 Å². The van der Waals surface area contributed by atoms with Gasteiger partial charge in [0.2, 0.25) is 0 Å². The molecule has 6 nitrogen and oxygen atoms in total. The van der Waals surface area contributed by atoms with Gasteiger partial charge in [-0.05, 0) is 78.2 Å². The molecule has 0 bridgehead atoms. The largest absolute Gasteiger partial charge is 0.483 e. The summed E-state index contributed by atoms with van der Waals surface area (Å²) in [5.74, 6) is 0.0631. The van der Waals surface area contributed by atoms with Gasteiger partial charge in [-0.1, -0.05) is 17.7 Å². The lowest BCUT2D eigenvalue weighted by atomic mass is 10.1. The van der Waals surface area contributed by atoms with Crippen molar-refractivity contribution in [3.63, 3.8) is 0 Å². The van der Waals surface area contributed by atoms with Gasteiger partial charge in [0.15, 0.2) is 12.7 Å². The number of ether oxygens (including phenoxy) is 2. The molecule has 0 spiro atoms. The van der Waals surface area contributed by atoms with E-state index in [2.05, 4.69) is 26.8 Å². The minimum atomic E-state index is -0.779. The molecule has 0 saturated carbocycles. The van der Waals surface area contributed by atoms with Gasteiger partial charge in [0.05, 0.1) is 4.47 Å². The number of hydrazine groups is 1. The fraction of sp³-hybridized carbons (Fsp3) is 0.263. The standard InChI is InChI=1S/C19H20BrClN2O4/c1-11-4-6-15(8-12(11)2)27-13(3)19(25)23-22-18(24)10-26-17-7-5-14(21)9-16(17)20/h4-9,13H,10H2,1-3H3,(H,22,24)(H,23,25). The summed E-state index contributed by atoms with van der Waals surface area (Å²) in [4.78, 5) is 23.9. The third-order valence-electron chi connectivity index (χ3n) is 3.74. The Morgan fingerprint density at radius 3 is 2.52 bits per heavy atom. The van der Waals surface area contributed by atoms with Crippen molar-refractivity contribution >= 4 is 39.3 Å². The van der Waals surface area contributed by atoms with E-state index < -0.39 is 17.9 Å². The summed E-state index contributed by atoms with van der Waals surface area (Å²) >= 11 is 9.14. The topological polar surface area (TPSA) is 76.7 Å². The molecule has 27 heavy (non-hydrogen) atoms. The lowest BCUT2D eigenvalue weighted by molar-refractivity contribution is -0.133. The SMILES string of the molecule is Cc1ccc(OC(C)C(=O)NNC(=O)COc2ccc(Cl)cc2Br)cc1C. The number of hydrogen-bond acceptors (Lipinski definition) is 4. The van der Waals surface area contributed by atoms with Crippen LogP contribution in [0.3, 0.4) is 0 Å². The number of carbonyl (C=O) groups is 2. The minimum Gasteiger partial charge on any atom is -0.483 e. The van der Waals surface area contributed by atoms with Crippen molar-refractivity contribution in [1.29, 1.82) is 0 Å². The highest BCUT2D eigenvalue weighted by Gasteiger charge is 2.16. The Hall–Kier alpha value is -2.25. The van der Waals surface area contributed by atoms with Crippen LogP contribution in [0.4, 0.5) is 0 Å². The van der Waals surface area contributed by atoms with Crippen molar-refractivity contribution in [2.75, 3.05) is 6.61 Å². The number of benzene rings is 2. The van der Waals surface area contributed by atoms with Gasteiger partial charge in [-0.15, -0.1) is 0 Å². The number of hydrogen-bond donors (Lipinski definition) is 2. The van der Waals surface area contributed by atoms with E-state index in [0.29, 0.717) is 21.0 Å². The smallest absolute Gasteiger partial charge is 0.279 e. The zero-order chi connectivity index (χ0) is 20.0. The summed E-state index contributed by atoms with van der Waals surface area (Å²) in [6, 6.07) is 10.5. The average molecular weight is 456 g/mol. The van der Waals surface area contributed by atoms with Gasteiger partial charge in [0.1, 0.15) is 11.5 Å². The first-order valence-electron chi connectivity index (χ1n) is 8.16. The van der Waals surface area contributed by atoms with Crippen LogP contribution >= 0.6 is 27.5 Å². The summed E-state index contributed by atoms with van der Waals surface area (Å²) in [5.41, 5.74) is 6.80. The lowest BCUT2D eigenvalue weighted by Crippen LogP contribution is -2.48. The lowest BCUT2D eigenvalue weighted by Gasteiger charge is -2.16. The molecule has 0 aliphatic heterocycles. The van der Waals surface area contributed by atoms with E-state index in [0.717, 1.165) is 11.1 Å². The number of rotatable bonds is 6. The molecule has 2 aromatic carbocycles. The van der Waals surface area contributed by atoms with Crippen LogP contribution in [-0.2, 0) is 9.59 Å². The van der Waals surface area contributed by atoms with Gasteiger partial charge in [0, 0.05) is 5.02 Å². The third kappa shape index (κ3) is 6.45. The molecule has 2 N–H and O–H groups in total. The zero-order valence-electron chi connectivity index (χ0n) is 15.1. The van der Waals surface area contributed by atoms with Crippen LogP contribution < -0.4 is 20.3 Å². The Morgan fingerprint density at radius 2 is 1.85 bits per heavy atom. The maximum atomic E-state index is 12.1. The number of nitrogens with one attached hydrogen (secondary N) is 2. The summed E-state index contributed by atoms with van der Waals surface area (Å²) < 4.78 is 11.6. The molecule has 8 heteroatoms. The minimum absolute atomic E-state index is 0.271. The molecular weight excluding hydrogens is 436 g/mol. The summed E-state index contributed by atoms with van der Waals surface area (Å²) in [6.07, 6.45) is -0.779. The van der Waals surface area contributed by atoms with E-state index >= 15 is 0 Å². The molecule has 144 valence electrons. The first-order chi connectivity index (χ1) is 12.8. The summed E-state index contributed by atoms with van der Waals surface area (Å²) in [6.45, 7) is 5.28. The van der Waals surface area contributed by atoms with Gasteiger partial charge in [-0.3, -0.25) is 20.4 Å². The first-order valence-corrected chi connectivity index (χ1v) is 9.34. The molecule has 0 aliphatic carbocycles. The van der Waals surface area contributed by atoms with E-state index in [1.54, 1.807) is 31.2 Å². The molecule has 2 rings (SSSR count). The van der Waals surface area contributed by atoms with E-state index in [-0.39, 0.29) is 6.61 Å². The van der Waals surface area contributed by atoms with Crippen LogP contribution in [0.25, 0.3) is 0 Å². The van der Waals surface area contributed by atoms with Crippen molar-refractivity contribution in [1.82, 2.24) is 10.9 Å². The number of halogens is 2. The number of aryl methyl sites for hydroxylation is 2. The van der Waals surface area contributed by atoms with Gasteiger partial charge in [-0.25, -0.2) is 0 Å². The predicted octanol–water partition coefficient (Wildman–Crippen LogP) is 3.71. The van der Waals surface area contributed by atoms with Crippen molar-refractivity contribution in [2.24, 2.45) is 0 Å².